The van der Waals surface area contributed by atoms with Crippen LogP contribution in [0.2, 0.25) is 0 Å². The molecule has 0 saturated heterocycles. The molecule has 0 bridgehead atoms. The van der Waals surface area contributed by atoms with Gasteiger partial charge in [0.05, 0.1) is 10.5 Å². The van der Waals surface area contributed by atoms with Gasteiger partial charge in [0.15, 0.2) is 6.10 Å². The van der Waals surface area contributed by atoms with Gasteiger partial charge < -0.3 is 10.1 Å². The van der Waals surface area contributed by atoms with Crippen LogP contribution in [0.3, 0.4) is 0 Å². The highest BCUT2D eigenvalue weighted by molar-refractivity contribution is 7.89. The Labute approximate surface area is 159 Å². The normalized spacial score (nSPS) is 12.4. The van der Waals surface area contributed by atoms with Crippen molar-refractivity contribution in [1.82, 2.24) is 14.9 Å². The minimum atomic E-state index is -3.74. The number of nitrogens with zero attached hydrogens (tertiary/aromatic N) is 1. The van der Waals surface area contributed by atoms with Gasteiger partial charge in [0.2, 0.25) is 10.0 Å². The van der Waals surface area contributed by atoms with Crippen molar-refractivity contribution in [3.63, 3.8) is 0 Å². The van der Waals surface area contributed by atoms with E-state index in [1.807, 2.05) is 5.32 Å². The lowest BCUT2D eigenvalue weighted by Gasteiger charge is -2.19. The number of aryl methyl sites for hydroxylation is 1. The first-order chi connectivity index (χ1) is 12.6. The summed E-state index contributed by atoms with van der Waals surface area (Å²) < 4.78 is 31.6. The molecule has 0 saturated carbocycles. The van der Waals surface area contributed by atoms with Crippen molar-refractivity contribution in [2.75, 3.05) is 20.1 Å². The number of hydrogen-bond acceptors (Lipinski definition) is 6. The van der Waals surface area contributed by atoms with Crippen molar-refractivity contribution in [2.24, 2.45) is 0 Å². The zero-order valence-electron chi connectivity index (χ0n) is 16.0. The lowest BCUT2D eigenvalue weighted by atomic mass is 10.1. The molecule has 27 heavy (non-hydrogen) atoms. The quantitative estimate of drug-likeness (QED) is 0.660. The number of esters is 1. The van der Waals surface area contributed by atoms with Crippen LogP contribution in [-0.4, -0.2) is 56.9 Å². The number of imide groups is 1. The lowest BCUT2D eigenvalue weighted by molar-refractivity contribution is -0.127. The number of benzene rings is 1. The predicted octanol–water partition coefficient (Wildman–Crippen LogP) is 1.03. The standard InChI is InChI=1S/C17H25N3O6S/c1-6-20(7-2)27(24,25)13-9-8-11(3)14(10-13)16(22)26-12(4)15(21)19-17(23)18-5/h8-10,12H,6-7H2,1-5H3,(H2,18,19,21,23). The maximum Gasteiger partial charge on any atom is 0.339 e. The molecule has 1 rings (SSSR count). The number of nitrogens with one attached hydrogen (secondary N) is 2. The van der Waals surface area contributed by atoms with E-state index in [-0.39, 0.29) is 10.5 Å². The van der Waals surface area contributed by atoms with Gasteiger partial charge in [0.25, 0.3) is 5.91 Å². The van der Waals surface area contributed by atoms with Crippen LogP contribution in [0.25, 0.3) is 0 Å². The van der Waals surface area contributed by atoms with Crippen LogP contribution >= 0.6 is 0 Å². The molecule has 10 heteroatoms. The van der Waals surface area contributed by atoms with Gasteiger partial charge in [-0.1, -0.05) is 19.9 Å². The minimum absolute atomic E-state index is 0.0304. The molecule has 0 fully saturated rings. The van der Waals surface area contributed by atoms with Crippen LogP contribution in [0.4, 0.5) is 4.79 Å². The van der Waals surface area contributed by atoms with E-state index in [1.165, 1.54) is 36.5 Å². The molecule has 1 aromatic rings. The number of ether oxygens (including phenoxy) is 1. The fourth-order valence-corrected chi connectivity index (χ4v) is 3.73. The van der Waals surface area contributed by atoms with Crippen LogP contribution in [0.15, 0.2) is 23.1 Å². The zero-order chi connectivity index (χ0) is 20.8. The van der Waals surface area contributed by atoms with Gasteiger partial charge in [-0.25, -0.2) is 18.0 Å². The number of rotatable bonds is 7. The zero-order valence-corrected chi connectivity index (χ0v) is 16.8. The molecular formula is C17H25N3O6S. The first-order valence-corrected chi connectivity index (χ1v) is 9.86. The summed E-state index contributed by atoms with van der Waals surface area (Å²) in [5.41, 5.74) is 0.528. The summed E-state index contributed by atoms with van der Waals surface area (Å²) >= 11 is 0. The Morgan fingerprint density at radius 1 is 1.19 bits per heavy atom. The van der Waals surface area contributed by atoms with Crippen molar-refractivity contribution >= 4 is 27.9 Å². The summed E-state index contributed by atoms with van der Waals surface area (Å²) in [4.78, 5) is 35.3. The third-order valence-electron chi connectivity index (χ3n) is 3.89. The number of carbonyl (C=O) groups excluding carboxylic acids is 3. The van der Waals surface area contributed by atoms with E-state index in [1.54, 1.807) is 20.8 Å². The third-order valence-corrected chi connectivity index (χ3v) is 5.93. The minimum Gasteiger partial charge on any atom is -0.449 e. The van der Waals surface area contributed by atoms with E-state index < -0.39 is 34.0 Å². The van der Waals surface area contributed by atoms with Gasteiger partial charge in [-0.3, -0.25) is 10.1 Å². The van der Waals surface area contributed by atoms with E-state index in [2.05, 4.69) is 5.32 Å². The number of sulfonamides is 1. The van der Waals surface area contributed by atoms with Gasteiger partial charge in [0.1, 0.15) is 0 Å². The van der Waals surface area contributed by atoms with Crippen LogP contribution in [-0.2, 0) is 19.6 Å². The molecule has 0 aliphatic heterocycles. The fourth-order valence-electron chi connectivity index (χ4n) is 2.25. The Hall–Kier alpha value is -2.46. The molecule has 0 aliphatic rings. The fraction of sp³-hybridized carbons (Fsp3) is 0.471. The molecule has 0 heterocycles. The maximum atomic E-state index is 12.6. The second-order valence-corrected chi connectivity index (χ2v) is 7.62. The highest BCUT2D eigenvalue weighted by Crippen LogP contribution is 2.20. The molecule has 9 nitrogen and oxygen atoms in total. The average Bonchev–Trinajstić information content (AvgIpc) is 2.62. The first kappa shape index (κ1) is 22.6. The van der Waals surface area contributed by atoms with Crippen molar-refractivity contribution in [3.8, 4) is 0 Å². The molecule has 2 N–H and O–H groups in total. The summed E-state index contributed by atoms with van der Waals surface area (Å²) in [7, 11) is -2.41. The van der Waals surface area contributed by atoms with E-state index in [0.29, 0.717) is 18.7 Å². The van der Waals surface area contributed by atoms with Gasteiger partial charge in [-0.2, -0.15) is 4.31 Å². The number of amides is 3. The summed E-state index contributed by atoms with van der Waals surface area (Å²) in [6.45, 7) is 6.96. The van der Waals surface area contributed by atoms with E-state index in [9.17, 15) is 22.8 Å². The van der Waals surface area contributed by atoms with Crippen molar-refractivity contribution in [3.05, 3.63) is 29.3 Å². The monoisotopic (exact) mass is 399 g/mol. The maximum absolute atomic E-state index is 12.6. The molecule has 150 valence electrons. The highest BCUT2D eigenvalue weighted by Gasteiger charge is 2.25. The molecule has 1 aromatic carbocycles. The van der Waals surface area contributed by atoms with Crippen molar-refractivity contribution in [2.45, 2.75) is 38.7 Å². The molecular weight excluding hydrogens is 374 g/mol. The number of urea groups is 1. The van der Waals surface area contributed by atoms with Gasteiger partial charge in [0, 0.05) is 20.1 Å². The molecule has 0 spiro atoms. The first-order valence-electron chi connectivity index (χ1n) is 8.42. The second-order valence-electron chi connectivity index (χ2n) is 5.68. The van der Waals surface area contributed by atoms with Crippen molar-refractivity contribution in [1.29, 1.82) is 0 Å². The second kappa shape index (κ2) is 9.47. The largest absolute Gasteiger partial charge is 0.449 e. The van der Waals surface area contributed by atoms with E-state index in [0.717, 1.165) is 0 Å². The van der Waals surface area contributed by atoms with Gasteiger partial charge in [-0.05, 0) is 31.5 Å². The summed E-state index contributed by atoms with van der Waals surface area (Å²) in [6.07, 6.45) is -1.24. The average molecular weight is 399 g/mol. The van der Waals surface area contributed by atoms with E-state index >= 15 is 0 Å². The molecule has 1 unspecified atom stereocenters. The van der Waals surface area contributed by atoms with Crippen LogP contribution < -0.4 is 10.6 Å². The smallest absolute Gasteiger partial charge is 0.339 e. The Balaban J connectivity index is 3.08. The highest BCUT2D eigenvalue weighted by atomic mass is 32.2. The molecule has 0 radical (unpaired) electrons. The topological polar surface area (TPSA) is 122 Å². The summed E-state index contributed by atoms with van der Waals surface area (Å²) in [6, 6.07) is 3.42. The lowest BCUT2D eigenvalue weighted by Crippen LogP contribution is -2.43. The third kappa shape index (κ3) is 5.51. The molecule has 0 aromatic heterocycles. The van der Waals surface area contributed by atoms with Crippen LogP contribution in [0.1, 0.15) is 36.7 Å². The Morgan fingerprint density at radius 2 is 1.78 bits per heavy atom. The Kier molecular flexibility index (Phi) is 7.92. The van der Waals surface area contributed by atoms with Crippen LogP contribution in [0, 0.1) is 6.92 Å². The summed E-state index contributed by atoms with van der Waals surface area (Å²) in [5.74, 6) is -1.66. The van der Waals surface area contributed by atoms with Crippen LogP contribution in [0.5, 0.6) is 0 Å². The van der Waals surface area contributed by atoms with Gasteiger partial charge in [-0.15, -0.1) is 0 Å². The molecule has 3 amide bonds. The van der Waals surface area contributed by atoms with Gasteiger partial charge >= 0.3 is 12.0 Å². The Bertz CT molecular complexity index is 818. The summed E-state index contributed by atoms with van der Waals surface area (Å²) in [5, 5.41) is 4.21. The molecule has 0 aliphatic carbocycles. The number of hydrogen-bond donors (Lipinski definition) is 2. The Morgan fingerprint density at radius 3 is 2.30 bits per heavy atom. The molecule has 1 atom stereocenters. The van der Waals surface area contributed by atoms with E-state index in [4.69, 9.17) is 4.74 Å². The van der Waals surface area contributed by atoms with Crippen molar-refractivity contribution < 1.29 is 27.5 Å². The SMILES string of the molecule is CCN(CC)S(=O)(=O)c1ccc(C)c(C(=O)OC(C)C(=O)NC(=O)NC)c1. The predicted molar refractivity (Wildman–Crippen MR) is 98.8 cm³/mol. The number of carbonyl (C=O) groups is 3.